The normalized spacial score (nSPS) is 24.0. The highest BCUT2D eigenvalue weighted by atomic mass is 28.4. The molecule has 172 valence electrons. The number of hydrogen-bond donors (Lipinski definition) is 2. The van der Waals surface area contributed by atoms with Crippen molar-refractivity contribution in [2.75, 3.05) is 13.2 Å². The smallest absolute Gasteiger partial charge is 0.409 e. The van der Waals surface area contributed by atoms with Crippen LogP contribution in [-0.2, 0) is 9.16 Å². The second-order valence-corrected chi connectivity index (χ2v) is 16.4. The van der Waals surface area contributed by atoms with Crippen LogP contribution in [0.1, 0.15) is 74.7 Å². The summed E-state index contributed by atoms with van der Waals surface area (Å²) in [5.74, 6) is 0.172. The van der Waals surface area contributed by atoms with Crippen LogP contribution < -0.4 is 0 Å². The molecular formula is C22H45NO5Si. The Labute approximate surface area is 179 Å². The Balaban J connectivity index is 3.11. The molecule has 0 spiro atoms. The Kier molecular flexibility index (Phi) is 8.42. The Bertz CT molecular complexity index is 550. The van der Waals surface area contributed by atoms with Gasteiger partial charge >= 0.3 is 6.09 Å². The highest BCUT2D eigenvalue weighted by Gasteiger charge is 2.54. The van der Waals surface area contributed by atoms with Crippen molar-refractivity contribution in [2.45, 2.75) is 111 Å². The van der Waals surface area contributed by atoms with Crippen LogP contribution in [0.4, 0.5) is 4.79 Å². The summed E-state index contributed by atoms with van der Waals surface area (Å²) in [6.45, 7) is 21.8. The minimum absolute atomic E-state index is 0.119. The van der Waals surface area contributed by atoms with Crippen LogP contribution in [0.25, 0.3) is 0 Å². The Morgan fingerprint density at radius 2 is 1.76 bits per heavy atom. The van der Waals surface area contributed by atoms with Crippen LogP contribution in [0, 0.1) is 11.3 Å². The van der Waals surface area contributed by atoms with E-state index in [2.05, 4.69) is 54.6 Å². The number of carboxylic acid groups (broad SMARTS) is 1. The summed E-state index contributed by atoms with van der Waals surface area (Å²) in [6, 6.07) is -0.241. The average Bonchev–Trinajstić information content (AvgIpc) is 2.79. The van der Waals surface area contributed by atoms with Gasteiger partial charge in [-0.2, -0.15) is 0 Å². The van der Waals surface area contributed by atoms with E-state index in [0.717, 1.165) is 6.42 Å². The standard InChI is InChI=1S/C22H45NO5Si/c1-20(2,3)18-17(23(19(25)26)22(7,8)28-18)14-16(12-11-13-24)15-27-29(9,10)21(4,5)6/h16-18,24H,11-15H2,1-10H3,(H,25,26)/t16-,17?,18?/m0/s1. The maximum atomic E-state index is 12.1. The van der Waals surface area contributed by atoms with E-state index in [0.29, 0.717) is 19.4 Å². The molecular weight excluding hydrogens is 386 g/mol. The summed E-state index contributed by atoms with van der Waals surface area (Å²) in [6.07, 6.45) is 1.03. The number of hydrogen-bond acceptors (Lipinski definition) is 4. The van der Waals surface area contributed by atoms with Crippen molar-refractivity contribution in [1.82, 2.24) is 4.90 Å². The summed E-state index contributed by atoms with van der Waals surface area (Å²) in [4.78, 5) is 13.6. The molecule has 2 unspecified atom stereocenters. The fraction of sp³-hybridized carbons (Fsp3) is 0.955. The van der Waals surface area contributed by atoms with Crippen molar-refractivity contribution < 1.29 is 24.2 Å². The zero-order chi connectivity index (χ0) is 22.8. The zero-order valence-electron chi connectivity index (χ0n) is 20.3. The number of ether oxygens (including phenoxy) is 1. The molecule has 0 bridgehead atoms. The van der Waals surface area contributed by atoms with Gasteiger partial charge in [-0.05, 0) is 62.6 Å². The second-order valence-electron chi connectivity index (χ2n) is 11.6. The maximum Gasteiger partial charge on any atom is 0.409 e. The first-order chi connectivity index (χ1) is 12.9. The van der Waals surface area contributed by atoms with Gasteiger partial charge in [0.1, 0.15) is 5.72 Å². The van der Waals surface area contributed by atoms with Gasteiger partial charge in [-0.1, -0.05) is 41.5 Å². The summed E-state index contributed by atoms with van der Waals surface area (Å²) < 4.78 is 12.8. The van der Waals surface area contributed by atoms with Crippen LogP contribution in [0.15, 0.2) is 0 Å². The number of aliphatic hydroxyl groups is 1. The summed E-state index contributed by atoms with van der Waals surface area (Å²) >= 11 is 0. The molecule has 0 saturated carbocycles. The number of amides is 1. The molecule has 3 atom stereocenters. The van der Waals surface area contributed by atoms with Gasteiger partial charge in [0.15, 0.2) is 8.32 Å². The molecule has 1 aliphatic rings. The third-order valence-corrected chi connectivity index (χ3v) is 11.1. The third-order valence-electron chi connectivity index (χ3n) is 6.57. The quantitative estimate of drug-likeness (QED) is 0.509. The topological polar surface area (TPSA) is 79.2 Å². The molecule has 1 amide bonds. The molecule has 0 aromatic heterocycles. The lowest BCUT2D eigenvalue weighted by Gasteiger charge is -2.39. The average molecular weight is 432 g/mol. The third kappa shape index (κ3) is 6.67. The monoisotopic (exact) mass is 431 g/mol. The van der Waals surface area contributed by atoms with Crippen molar-refractivity contribution in [1.29, 1.82) is 0 Å². The summed E-state index contributed by atoms with van der Waals surface area (Å²) in [7, 11) is -1.91. The molecule has 2 N–H and O–H groups in total. The predicted octanol–water partition coefficient (Wildman–Crippen LogP) is 5.32. The molecule has 6 nitrogen and oxygen atoms in total. The SMILES string of the molecule is CC(C)(C)C1OC(C)(C)N(C(=O)O)C1C[C@H](CCCO)CO[Si](C)(C)C(C)(C)C. The minimum Gasteiger partial charge on any atom is -0.465 e. The van der Waals surface area contributed by atoms with E-state index in [1.54, 1.807) is 0 Å². The Morgan fingerprint density at radius 3 is 2.17 bits per heavy atom. The van der Waals surface area contributed by atoms with Gasteiger partial charge in [-0.3, -0.25) is 4.90 Å². The van der Waals surface area contributed by atoms with Crippen molar-refractivity contribution in [3.63, 3.8) is 0 Å². The Morgan fingerprint density at radius 1 is 1.21 bits per heavy atom. The number of aliphatic hydroxyl groups excluding tert-OH is 1. The zero-order valence-corrected chi connectivity index (χ0v) is 21.3. The first-order valence-electron chi connectivity index (χ1n) is 10.9. The fourth-order valence-electron chi connectivity index (χ4n) is 3.87. The van der Waals surface area contributed by atoms with Crippen LogP contribution in [0.3, 0.4) is 0 Å². The van der Waals surface area contributed by atoms with Crippen LogP contribution in [0.5, 0.6) is 0 Å². The number of nitrogens with zero attached hydrogens (tertiary/aromatic N) is 1. The van der Waals surface area contributed by atoms with Gasteiger partial charge < -0.3 is 19.4 Å². The molecule has 1 rings (SSSR count). The van der Waals surface area contributed by atoms with Gasteiger partial charge in [0.25, 0.3) is 0 Å². The van der Waals surface area contributed by atoms with E-state index in [1.807, 2.05) is 13.8 Å². The first kappa shape index (κ1) is 26.4. The van der Waals surface area contributed by atoms with Crippen molar-refractivity contribution >= 4 is 14.4 Å². The first-order valence-corrected chi connectivity index (χ1v) is 13.8. The second kappa shape index (κ2) is 9.24. The molecule has 7 heteroatoms. The van der Waals surface area contributed by atoms with Crippen LogP contribution in [-0.4, -0.2) is 60.6 Å². The number of carbonyl (C=O) groups is 1. The van der Waals surface area contributed by atoms with Gasteiger partial charge in [-0.15, -0.1) is 0 Å². The molecule has 29 heavy (non-hydrogen) atoms. The lowest BCUT2D eigenvalue weighted by molar-refractivity contribution is -0.0925. The molecule has 1 aliphatic heterocycles. The molecule has 1 heterocycles. The highest BCUT2D eigenvalue weighted by molar-refractivity contribution is 6.74. The van der Waals surface area contributed by atoms with Gasteiger partial charge in [0.05, 0.1) is 12.1 Å². The Hall–Kier alpha value is -0.633. The van der Waals surface area contributed by atoms with Gasteiger partial charge in [-0.25, -0.2) is 4.79 Å². The maximum absolute atomic E-state index is 12.1. The largest absolute Gasteiger partial charge is 0.465 e. The molecule has 1 saturated heterocycles. The number of rotatable bonds is 8. The van der Waals surface area contributed by atoms with Gasteiger partial charge in [0.2, 0.25) is 0 Å². The van der Waals surface area contributed by atoms with E-state index in [4.69, 9.17) is 9.16 Å². The van der Waals surface area contributed by atoms with E-state index >= 15 is 0 Å². The molecule has 0 aromatic rings. The fourth-order valence-corrected chi connectivity index (χ4v) is 4.95. The van der Waals surface area contributed by atoms with Crippen molar-refractivity contribution in [3.05, 3.63) is 0 Å². The molecule has 0 aromatic carbocycles. The van der Waals surface area contributed by atoms with E-state index in [-0.39, 0.29) is 35.1 Å². The van der Waals surface area contributed by atoms with Crippen molar-refractivity contribution in [3.8, 4) is 0 Å². The van der Waals surface area contributed by atoms with E-state index < -0.39 is 20.1 Å². The minimum atomic E-state index is -1.91. The van der Waals surface area contributed by atoms with E-state index in [9.17, 15) is 15.0 Å². The summed E-state index contributed by atoms with van der Waals surface area (Å²) in [5.41, 5.74) is -1.05. The lowest BCUT2D eigenvalue weighted by Crippen LogP contribution is -2.50. The molecule has 1 fully saturated rings. The van der Waals surface area contributed by atoms with Crippen LogP contribution in [0.2, 0.25) is 18.1 Å². The molecule has 0 aliphatic carbocycles. The molecule has 0 radical (unpaired) electrons. The highest BCUT2D eigenvalue weighted by Crippen LogP contribution is 2.43. The predicted molar refractivity (Wildman–Crippen MR) is 120 cm³/mol. The lowest BCUT2D eigenvalue weighted by atomic mass is 9.81. The van der Waals surface area contributed by atoms with Gasteiger partial charge in [0, 0.05) is 13.2 Å². The summed E-state index contributed by atoms with van der Waals surface area (Å²) in [5, 5.41) is 19.4. The van der Waals surface area contributed by atoms with Crippen LogP contribution >= 0.6 is 0 Å². The van der Waals surface area contributed by atoms with Crippen molar-refractivity contribution in [2.24, 2.45) is 11.3 Å². The van der Waals surface area contributed by atoms with E-state index in [1.165, 1.54) is 4.90 Å².